The minimum absolute atomic E-state index is 0.279. The lowest BCUT2D eigenvalue weighted by Crippen LogP contribution is -2.37. The maximum absolute atomic E-state index is 13.3. The lowest BCUT2D eigenvalue weighted by molar-refractivity contribution is -0.126. The first-order valence-electron chi connectivity index (χ1n) is 9.14. The number of fused-ring (bicyclic) bond motifs is 1. The lowest BCUT2D eigenvalue weighted by atomic mass is 9.94. The van der Waals surface area contributed by atoms with Gasteiger partial charge in [-0.1, -0.05) is 35.9 Å². The number of amides is 2. The molecule has 3 aromatic rings. The molecular weight excluding hydrogens is 356 g/mol. The van der Waals surface area contributed by atoms with Crippen LogP contribution in [0.3, 0.4) is 0 Å². The number of imide groups is 1. The molecule has 6 nitrogen and oxygen atoms in total. The van der Waals surface area contributed by atoms with Crippen LogP contribution in [-0.2, 0) is 14.4 Å². The van der Waals surface area contributed by atoms with E-state index in [9.17, 15) is 9.59 Å². The number of benzene rings is 2. The Morgan fingerprint density at radius 2 is 1.57 bits per heavy atom. The minimum Gasteiger partial charge on any atom is -0.467 e. The molecule has 140 valence electrons. The molecular formula is C22H18N2O4. The van der Waals surface area contributed by atoms with Gasteiger partial charge < -0.3 is 4.42 Å². The highest BCUT2D eigenvalue weighted by Gasteiger charge is 2.61. The Kier molecular flexibility index (Phi) is 3.80. The van der Waals surface area contributed by atoms with E-state index in [2.05, 4.69) is 0 Å². The molecule has 0 unspecified atom stereocenters. The lowest BCUT2D eigenvalue weighted by Gasteiger charge is -2.27. The van der Waals surface area contributed by atoms with Crippen molar-refractivity contribution in [2.24, 2.45) is 5.92 Å². The summed E-state index contributed by atoms with van der Waals surface area (Å²) in [7, 11) is 0. The van der Waals surface area contributed by atoms with E-state index >= 15 is 0 Å². The molecule has 0 saturated carbocycles. The third kappa shape index (κ3) is 2.46. The maximum Gasteiger partial charge on any atom is 0.266 e. The zero-order valence-corrected chi connectivity index (χ0v) is 15.2. The highest BCUT2D eigenvalue weighted by atomic mass is 16.7. The van der Waals surface area contributed by atoms with Gasteiger partial charge in [0.15, 0.2) is 6.10 Å². The van der Waals surface area contributed by atoms with Crippen LogP contribution in [-0.4, -0.2) is 17.9 Å². The minimum atomic E-state index is -0.885. The predicted octanol–water partition coefficient (Wildman–Crippen LogP) is 3.64. The fraction of sp³-hybridized carbons (Fsp3) is 0.182. The number of rotatable bonds is 3. The van der Waals surface area contributed by atoms with Crippen molar-refractivity contribution in [1.82, 2.24) is 0 Å². The summed E-state index contributed by atoms with van der Waals surface area (Å²) in [6, 6.07) is 19.8. The topological polar surface area (TPSA) is 63.0 Å². The first kappa shape index (κ1) is 16.8. The fourth-order valence-electron chi connectivity index (χ4n) is 3.91. The van der Waals surface area contributed by atoms with E-state index in [0.717, 1.165) is 11.3 Å². The van der Waals surface area contributed by atoms with Gasteiger partial charge >= 0.3 is 0 Å². The molecule has 2 aliphatic rings. The van der Waals surface area contributed by atoms with Crippen molar-refractivity contribution in [2.75, 3.05) is 9.96 Å². The Hall–Kier alpha value is -3.38. The molecule has 0 aliphatic carbocycles. The third-order valence-electron chi connectivity index (χ3n) is 5.25. The molecule has 1 aromatic heterocycles. The first-order chi connectivity index (χ1) is 13.6. The second-order valence-corrected chi connectivity index (χ2v) is 7.02. The van der Waals surface area contributed by atoms with Crippen LogP contribution in [0.4, 0.5) is 11.4 Å². The van der Waals surface area contributed by atoms with Crippen molar-refractivity contribution >= 4 is 23.2 Å². The van der Waals surface area contributed by atoms with Crippen LogP contribution in [0.5, 0.6) is 0 Å². The molecule has 0 N–H and O–H groups in total. The average Bonchev–Trinajstić information content (AvgIpc) is 3.42. The van der Waals surface area contributed by atoms with Crippen LogP contribution < -0.4 is 9.96 Å². The van der Waals surface area contributed by atoms with Gasteiger partial charge in [0, 0.05) is 0 Å². The summed E-state index contributed by atoms with van der Waals surface area (Å²) >= 11 is 0. The average molecular weight is 374 g/mol. The van der Waals surface area contributed by atoms with Gasteiger partial charge in [-0.15, -0.1) is 0 Å². The number of carbonyl (C=O) groups is 2. The van der Waals surface area contributed by atoms with Crippen LogP contribution in [0.25, 0.3) is 0 Å². The molecule has 2 amide bonds. The molecule has 28 heavy (non-hydrogen) atoms. The highest BCUT2D eigenvalue weighted by Crippen LogP contribution is 2.47. The van der Waals surface area contributed by atoms with Crippen molar-refractivity contribution in [3.8, 4) is 0 Å². The van der Waals surface area contributed by atoms with E-state index in [4.69, 9.17) is 9.25 Å². The summed E-state index contributed by atoms with van der Waals surface area (Å²) in [6.45, 7) is 1.96. The fourth-order valence-corrected chi connectivity index (χ4v) is 3.91. The number of nitrogens with zero attached hydrogens (tertiary/aromatic N) is 2. The normalized spacial score (nSPS) is 24.1. The Balaban J connectivity index is 1.56. The van der Waals surface area contributed by atoms with Gasteiger partial charge in [0.25, 0.3) is 5.91 Å². The molecule has 2 aromatic carbocycles. The van der Waals surface area contributed by atoms with Gasteiger partial charge in [-0.05, 0) is 43.3 Å². The number of aryl methyl sites for hydroxylation is 1. The molecule has 2 aliphatic heterocycles. The summed E-state index contributed by atoms with van der Waals surface area (Å²) in [5.74, 6) is -0.726. The summed E-state index contributed by atoms with van der Waals surface area (Å²) in [5.41, 5.74) is 2.38. The van der Waals surface area contributed by atoms with Crippen LogP contribution in [0.2, 0.25) is 0 Å². The summed E-state index contributed by atoms with van der Waals surface area (Å²) in [4.78, 5) is 33.7. The SMILES string of the molecule is Cc1ccc(N2C(=O)[C@H]3[C@@H](ON(c4ccccc4)[C@H]3c3ccco3)C2=O)cc1. The van der Waals surface area contributed by atoms with Crippen molar-refractivity contribution in [2.45, 2.75) is 19.1 Å². The zero-order valence-electron chi connectivity index (χ0n) is 15.2. The number of furan rings is 1. The molecule has 2 fully saturated rings. The molecule has 3 atom stereocenters. The van der Waals surface area contributed by atoms with Gasteiger partial charge in [-0.3, -0.25) is 14.4 Å². The number of para-hydroxylation sites is 1. The summed E-state index contributed by atoms with van der Waals surface area (Å²) in [6.07, 6.45) is 0.675. The Morgan fingerprint density at radius 1 is 0.821 bits per heavy atom. The van der Waals surface area contributed by atoms with E-state index in [0.29, 0.717) is 11.4 Å². The predicted molar refractivity (Wildman–Crippen MR) is 102 cm³/mol. The summed E-state index contributed by atoms with van der Waals surface area (Å²) < 4.78 is 5.61. The highest BCUT2D eigenvalue weighted by molar-refractivity contribution is 6.23. The van der Waals surface area contributed by atoms with Gasteiger partial charge in [-0.2, -0.15) is 0 Å². The van der Waals surface area contributed by atoms with Crippen molar-refractivity contribution < 1.29 is 18.8 Å². The smallest absolute Gasteiger partial charge is 0.266 e. The van der Waals surface area contributed by atoms with Crippen LogP contribution in [0.1, 0.15) is 17.4 Å². The Morgan fingerprint density at radius 3 is 2.25 bits per heavy atom. The number of anilines is 2. The zero-order chi connectivity index (χ0) is 19.3. The van der Waals surface area contributed by atoms with Crippen LogP contribution >= 0.6 is 0 Å². The van der Waals surface area contributed by atoms with Crippen molar-refractivity contribution in [3.63, 3.8) is 0 Å². The van der Waals surface area contributed by atoms with E-state index < -0.39 is 18.1 Å². The van der Waals surface area contributed by atoms with Gasteiger partial charge in [-0.25, -0.2) is 9.96 Å². The van der Waals surface area contributed by atoms with E-state index in [1.54, 1.807) is 35.6 Å². The summed E-state index contributed by atoms with van der Waals surface area (Å²) in [5, 5.41) is 1.62. The van der Waals surface area contributed by atoms with Gasteiger partial charge in [0.1, 0.15) is 17.7 Å². The monoisotopic (exact) mass is 374 g/mol. The Bertz CT molecular complexity index is 1010. The van der Waals surface area contributed by atoms with Gasteiger partial charge in [0.2, 0.25) is 5.91 Å². The third-order valence-corrected chi connectivity index (χ3v) is 5.25. The van der Waals surface area contributed by atoms with Crippen LogP contribution in [0.15, 0.2) is 77.4 Å². The standard InChI is InChI=1S/C22H18N2O4/c1-14-9-11-15(12-10-14)23-21(25)18-19(17-8-5-13-27-17)24(28-20(18)22(23)26)16-6-3-2-4-7-16/h2-13,18-20H,1H3/t18-,19+,20-/m1/s1. The van der Waals surface area contributed by atoms with Crippen LogP contribution in [0, 0.1) is 12.8 Å². The Labute approximate surface area is 161 Å². The number of hydrogen-bond acceptors (Lipinski definition) is 5. The largest absolute Gasteiger partial charge is 0.467 e. The molecule has 0 radical (unpaired) electrons. The van der Waals surface area contributed by atoms with E-state index in [1.165, 1.54) is 4.90 Å². The molecule has 6 heteroatoms. The molecule has 0 spiro atoms. The van der Waals surface area contributed by atoms with Crippen molar-refractivity contribution in [1.29, 1.82) is 0 Å². The first-order valence-corrected chi connectivity index (χ1v) is 9.14. The van der Waals surface area contributed by atoms with E-state index in [-0.39, 0.29) is 11.8 Å². The van der Waals surface area contributed by atoms with E-state index in [1.807, 2.05) is 49.4 Å². The maximum atomic E-state index is 13.3. The second kappa shape index (κ2) is 6.35. The number of hydroxylamine groups is 1. The number of hydrogen-bond donors (Lipinski definition) is 0. The molecule has 3 heterocycles. The van der Waals surface area contributed by atoms with Crippen molar-refractivity contribution in [3.05, 3.63) is 84.3 Å². The quantitative estimate of drug-likeness (QED) is 0.655. The molecule has 2 saturated heterocycles. The second-order valence-electron chi connectivity index (χ2n) is 7.02. The molecule has 5 rings (SSSR count). The number of carbonyl (C=O) groups excluding carboxylic acids is 2. The molecule has 0 bridgehead atoms. The van der Waals surface area contributed by atoms with Gasteiger partial charge in [0.05, 0.1) is 17.6 Å².